The molecule has 0 aliphatic heterocycles. The van der Waals surface area contributed by atoms with Crippen LogP contribution in [-0.4, -0.2) is 41.5 Å². The van der Waals surface area contributed by atoms with E-state index in [1.54, 1.807) is 13.1 Å². The number of thiophene rings is 1. The van der Waals surface area contributed by atoms with E-state index in [0.717, 1.165) is 4.88 Å². The lowest BCUT2D eigenvalue weighted by Gasteiger charge is -2.20. The quantitative estimate of drug-likeness (QED) is 0.831. The van der Waals surface area contributed by atoms with Crippen molar-refractivity contribution in [2.75, 3.05) is 13.6 Å². The third kappa shape index (κ3) is 4.64. The van der Waals surface area contributed by atoms with E-state index in [-0.39, 0.29) is 12.5 Å². The van der Waals surface area contributed by atoms with Crippen LogP contribution in [0.25, 0.3) is 0 Å². The Morgan fingerprint density at radius 1 is 1.56 bits per heavy atom. The molecule has 1 rings (SSSR count). The van der Waals surface area contributed by atoms with Crippen LogP contribution < -0.4 is 5.32 Å². The third-order valence-corrected chi connectivity index (χ3v) is 3.73. The fourth-order valence-corrected chi connectivity index (χ4v) is 2.27. The zero-order valence-corrected chi connectivity index (χ0v) is 11.7. The number of likely N-dealkylation sites (N-methyl/N-ethyl adjacent to an activating group) is 1. The van der Waals surface area contributed by atoms with E-state index in [4.69, 9.17) is 16.7 Å². The van der Waals surface area contributed by atoms with Crippen molar-refractivity contribution in [1.29, 1.82) is 0 Å². The molecule has 1 aromatic rings. The van der Waals surface area contributed by atoms with Gasteiger partial charge in [0.05, 0.1) is 17.4 Å². The van der Waals surface area contributed by atoms with Crippen LogP contribution in [0.3, 0.4) is 0 Å². The second kappa shape index (κ2) is 6.72. The Kier molecular flexibility index (Phi) is 5.58. The van der Waals surface area contributed by atoms with Crippen LogP contribution in [0.2, 0.25) is 4.34 Å². The zero-order valence-electron chi connectivity index (χ0n) is 10.1. The summed E-state index contributed by atoms with van der Waals surface area (Å²) >= 11 is 7.17. The highest BCUT2D eigenvalue weighted by atomic mass is 35.5. The minimum Gasteiger partial charge on any atom is -0.480 e. The molecule has 1 unspecified atom stereocenters. The maximum Gasteiger partial charge on any atom is 0.320 e. The Hall–Kier alpha value is -1.11. The number of nitrogens with one attached hydrogen (secondary N) is 1. The van der Waals surface area contributed by atoms with Gasteiger partial charge in [-0.1, -0.05) is 11.6 Å². The van der Waals surface area contributed by atoms with Crippen molar-refractivity contribution in [3.63, 3.8) is 0 Å². The number of amides is 1. The molecule has 1 amide bonds. The molecule has 0 aromatic carbocycles. The highest BCUT2D eigenvalue weighted by molar-refractivity contribution is 7.16. The van der Waals surface area contributed by atoms with Gasteiger partial charge in [-0.15, -0.1) is 11.3 Å². The number of carboxylic acid groups (broad SMARTS) is 1. The van der Waals surface area contributed by atoms with Gasteiger partial charge in [0, 0.05) is 4.88 Å². The molecular weight excluding hydrogens is 276 g/mol. The minimum absolute atomic E-state index is 0.0482. The molecule has 0 fully saturated rings. The molecule has 1 aromatic heterocycles. The number of aliphatic carboxylic acids is 1. The fourth-order valence-electron chi connectivity index (χ4n) is 1.24. The van der Waals surface area contributed by atoms with Crippen molar-refractivity contribution in [3.8, 4) is 0 Å². The summed E-state index contributed by atoms with van der Waals surface area (Å²) in [4.78, 5) is 24.7. The van der Waals surface area contributed by atoms with E-state index in [1.807, 2.05) is 6.07 Å². The number of hydrogen-bond donors (Lipinski definition) is 2. The number of nitrogens with zero attached hydrogens (tertiary/aromatic N) is 1. The Morgan fingerprint density at radius 2 is 2.22 bits per heavy atom. The summed E-state index contributed by atoms with van der Waals surface area (Å²) in [6.07, 6.45) is 0. The minimum atomic E-state index is -0.949. The van der Waals surface area contributed by atoms with E-state index in [1.165, 1.54) is 23.2 Å². The lowest BCUT2D eigenvalue weighted by Crippen LogP contribution is -2.42. The number of carbonyl (C=O) groups is 2. The lowest BCUT2D eigenvalue weighted by molar-refractivity contribution is -0.142. The Balaban J connectivity index is 2.35. The molecule has 0 aliphatic carbocycles. The van der Waals surface area contributed by atoms with E-state index in [0.29, 0.717) is 10.9 Å². The molecule has 0 radical (unpaired) electrons. The highest BCUT2D eigenvalue weighted by Crippen LogP contribution is 2.20. The molecule has 0 spiro atoms. The topological polar surface area (TPSA) is 69.6 Å². The van der Waals surface area contributed by atoms with Crippen LogP contribution in [0.4, 0.5) is 0 Å². The third-order valence-electron chi connectivity index (χ3n) is 2.50. The summed E-state index contributed by atoms with van der Waals surface area (Å²) in [7, 11) is 1.60. The normalized spacial score (nSPS) is 12.4. The molecule has 100 valence electrons. The van der Waals surface area contributed by atoms with Crippen molar-refractivity contribution >= 4 is 34.8 Å². The summed E-state index contributed by atoms with van der Waals surface area (Å²) in [6, 6.07) is 2.93. The maximum absolute atomic E-state index is 11.6. The first-order chi connectivity index (χ1) is 8.40. The van der Waals surface area contributed by atoms with Gasteiger partial charge in [-0.05, 0) is 26.1 Å². The fraction of sp³-hybridized carbons (Fsp3) is 0.455. The molecular formula is C11H15ClN2O3S. The predicted octanol–water partition coefficient (Wildman–Crippen LogP) is 1.42. The largest absolute Gasteiger partial charge is 0.480 e. The first-order valence-corrected chi connectivity index (χ1v) is 6.53. The van der Waals surface area contributed by atoms with E-state index in [9.17, 15) is 9.59 Å². The van der Waals surface area contributed by atoms with E-state index < -0.39 is 12.0 Å². The lowest BCUT2D eigenvalue weighted by atomic mass is 10.3. The zero-order chi connectivity index (χ0) is 13.7. The van der Waals surface area contributed by atoms with Gasteiger partial charge in [-0.3, -0.25) is 14.5 Å². The molecule has 5 nitrogen and oxygen atoms in total. The summed E-state index contributed by atoms with van der Waals surface area (Å²) < 4.78 is 0.677. The molecule has 0 bridgehead atoms. The Labute approximate surface area is 114 Å². The summed E-state index contributed by atoms with van der Waals surface area (Å²) in [5.41, 5.74) is 0. The molecule has 2 N–H and O–H groups in total. The van der Waals surface area contributed by atoms with E-state index >= 15 is 0 Å². The molecule has 18 heavy (non-hydrogen) atoms. The van der Waals surface area contributed by atoms with Crippen LogP contribution in [0, 0.1) is 0 Å². The van der Waals surface area contributed by atoms with Gasteiger partial charge in [-0.25, -0.2) is 0 Å². The standard InChI is InChI=1S/C11H15ClN2O3S/c1-7(11(16)17)14(2)6-10(15)13-5-8-3-4-9(12)18-8/h3-4,7H,5-6H2,1-2H3,(H,13,15)(H,16,17). The molecule has 1 atom stereocenters. The molecule has 0 saturated carbocycles. The number of hydrogen-bond acceptors (Lipinski definition) is 4. The van der Waals surface area contributed by atoms with Gasteiger partial charge in [0.25, 0.3) is 0 Å². The van der Waals surface area contributed by atoms with Crippen LogP contribution in [0.1, 0.15) is 11.8 Å². The highest BCUT2D eigenvalue weighted by Gasteiger charge is 2.18. The van der Waals surface area contributed by atoms with Gasteiger partial charge in [-0.2, -0.15) is 0 Å². The molecule has 0 saturated heterocycles. The first-order valence-electron chi connectivity index (χ1n) is 5.34. The van der Waals surface area contributed by atoms with Gasteiger partial charge in [0.2, 0.25) is 5.91 Å². The van der Waals surface area contributed by atoms with Crippen molar-refractivity contribution in [2.45, 2.75) is 19.5 Å². The van der Waals surface area contributed by atoms with Crippen molar-refractivity contribution in [2.24, 2.45) is 0 Å². The Morgan fingerprint density at radius 3 is 2.72 bits per heavy atom. The number of carbonyl (C=O) groups excluding carboxylic acids is 1. The average molecular weight is 291 g/mol. The number of carboxylic acids is 1. The van der Waals surface area contributed by atoms with Crippen LogP contribution >= 0.6 is 22.9 Å². The van der Waals surface area contributed by atoms with Crippen molar-refractivity contribution in [1.82, 2.24) is 10.2 Å². The average Bonchev–Trinajstić information content (AvgIpc) is 2.71. The summed E-state index contributed by atoms with van der Waals surface area (Å²) in [5, 5.41) is 11.5. The van der Waals surface area contributed by atoms with Crippen LogP contribution in [-0.2, 0) is 16.1 Å². The van der Waals surface area contributed by atoms with Gasteiger partial charge >= 0.3 is 5.97 Å². The molecule has 1 heterocycles. The van der Waals surface area contributed by atoms with Gasteiger partial charge in [0.15, 0.2) is 0 Å². The predicted molar refractivity (Wildman–Crippen MR) is 70.9 cm³/mol. The van der Waals surface area contributed by atoms with Crippen LogP contribution in [0.15, 0.2) is 12.1 Å². The maximum atomic E-state index is 11.6. The number of rotatable bonds is 6. The summed E-state index contributed by atoms with van der Waals surface area (Å²) in [6.45, 7) is 1.99. The first kappa shape index (κ1) is 14.9. The second-order valence-corrected chi connectivity index (χ2v) is 5.71. The van der Waals surface area contributed by atoms with Crippen molar-refractivity contribution in [3.05, 3.63) is 21.3 Å². The molecule has 0 aliphatic rings. The smallest absolute Gasteiger partial charge is 0.320 e. The Bertz CT molecular complexity index is 436. The molecule has 7 heteroatoms. The monoisotopic (exact) mass is 290 g/mol. The second-order valence-electron chi connectivity index (χ2n) is 3.91. The van der Waals surface area contributed by atoms with Crippen LogP contribution in [0.5, 0.6) is 0 Å². The van der Waals surface area contributed by atoms with Crippen molar-refractivity contribution < 1.29 is 14.7 Å². The number of halogens is 1. The van der Waals surface area contributed by atoms with E-state index in [2.05, 4.69) is 5.32 Å². The SMILES string of the molecule is CC(C(=O)O)N(C)CC(=O)NCc1ccc(Cl)s1. The summed E-state index contributed by atoms with van der Waals surface area (Å²) in [5.74, 6) is -1.16. The van der Waals surface area contributed by atoms with Gasteiger partial charge < -0.3 is 10.4 Å². The van der Waals surface area contributed by atoms with Gasteiger partial charge in [0.1, 0.15) is 6.04 Å².